The number of carbonyl (C=O) groups excluding carboxylic acids is 2. The van der Waals surface area contributed by atoms with Crippen LogP contribution in [0.25, 0.3) is 11.0 Å². The largest absolute Gasteiger partial charge is 0.450 e. The van der Waals surface area contributed by atoms with Crippen LogP contribution in [0.2, 0.25) is 0 Å². The number of benzene rings is 2. The molecule has 2 aromatic carbocycles. The van der Waals surface area contributed by atoms with Crippen molar-refractivity contribution < 1.29 is 18.7 Å². The third-order valence-corrected chi connectivity index (χ3v) is 3.89. The van der Waals surface area contributed by atoms with E-state index in [0.29, 0.717) is 22.2 Å². The molecule has 6 heteroatoms. The first-order valence-electron chi connectivity index (χ1n) is 7.35. The van der Waals surface area contributed by atoms with E-state index in [4.69, 9.17) is 9.15 Å². The van der Waals surface area contributed by atoms with Crippen LogP contribution >= 0.6 is 15.9 Å². The fourth-order valence-corrected chi connectivity index (χ4v) is 2.70. The van der Waals surface area contributed by atoms with Crippen molar-refractivity contribution in [2.75, 3.05) is 11.9 Å². The van der Waals surface area contributed by atoms with Crippen molar-refractivity contribution in [2.45, 2.75) is 6.92 Å². The number of furan rings is 1. The quantitative estimate of drug-likeness (QED) is 0.639. The molecule has 0 saturated heterocycles. The first-order valence-corrected chi connectivity index (χ1v) is 8.15. The van der Waals surface area contributed by atoms with Crippen LogP contribution in [0.1, 0.15) is 23.0 Å². The van der Waals surface area contributed by atoms with E-state index in [1.165, 1.54) is 0 Å². The highest BCUT2D eigenvalue weighted by atomic mass is 79.9. The second-order valence-corrected chi connectivity index (χ2v) is 5.90. The van der Waals surface area contributed by atoms with Gasteiger partial charge in [0.1, 0.15) is 11.3 Å². The number of ether oxygens (including phenoxy) is 1. The van der Waals surface area contributed by atoms with Gasteiger partial charge in [-0.25, -0.2) is 4.79 Å². The molecule has 1 heterocycles. The first-order chi connectivity index (χ1) is 11.6. The van der Waals surface area contributed by atoms with Crippen molar-refractivity contribution in [1.29, 1.82) is 0 Å². The van der Waals surface area contributed by atoms with Gasteiger partial charge in [-0.1, -0.05) is 46.3 Å². The highest BCUT2D eigenvalue weighted by Crippen LogP contribution is 2.34. The second-order valence-electron chi connectivity index (χ2n) is 4.99. The molecule has 1 N–H and O–H groups in total. The van der Waals surface area contributed by atoms with E-state index in [9.17, 15) is 9.59 Å². The average Bonchev–Trinajstić information content (AvgIpc) is 2.93. The minimum atomic E-state index is -0.637. The Morgan fingerprint density at radius 2 is 1.92 bits per heavy atom. The summed E-state index contributed by atoms with van der Waals surface area (Å²) >= 11 is 3.38. The molecule has 1 amide bonds. The lowest BCUT2D eigenvalue weighted by Crippen LogP contribution is -2.15. The second kappa shape index (κ2) is 6.88. The van der Waals surface area contributed by atoms with E-state index < -0.39 is 6.09 Å². The van der Waals surface area contributed by atoms with Gasteiger partial charge in [-0.2, -0.15) is 0 Å². The monoisotopic (exact) mass is 387 g/mol. The van der Waals surface area contributed by atoms with Crippen LogP contribution in [0.3, 0.4) is 0 Å². The molecule has 0 aliphatic rings. The number of hydrogen-bond acceptors (Lipinski definition) is 4. The Hall–Kier alpha value is -2.60. The molecule has 0 radical (unpaired) electrons. The molecule has 0 unspecified atom stereocenters. The zero-order valence-electron chi connectivity index (χ0n) is 12.8. The lowest BCUT2D eigenvalue weighted by molar-refractivity contribution is 0.101. The maximum atomic E-state index is 12.8. The van der Waals surface area contributed by atoms with Crippen molar-refractivity contribution in [3.63, 3.8) is 0 Å². The molecule has 1 aromatic heterocycles. The zero-order chi connectivity index (χ0) is 17.1. The Morgan fingerprint density at radius 1 is 1.17 bits per heavy atom. The number of carbonyl (C=O) groups is 2. The molecule has 24 heavy (non-hydrogen) atoms. The van der Waals surface area contributed by atoms with Gasteiger partial charge < -0.3 is 9.15 Å². The SMILES string of the molecule is CCOC(=O)Nc1c(C(=O)c2ccccc2)oc2ccc(Br)cc12. The van der Waals surface area contributed by atoms with Gasteiger partial charge in [0.2, 0.25) is 5.78 Å². The van der Waals surface area contributed by atoms with Crippen molar-refractivity contribution in [3.8, 4) is 0 Å². The molecule has 5 nitrogen and oxygen atoms in total. The molecule has 0 saturated carbocycles. The summed E-state index contributed by atoms with van der Waals surface area (Å²) in [5, 5.41) is 3.24. The Bertz CT molecular complexity index is 902. The van der Waals surface area contributed by atoms with Gasteiger partial charge in [-0.3, -0.25) is 10.1 Å². The van der Waals surface area contributed by atoms with Gasteiger partial charge in [0.05, 0.1) is 6.61 Å². The molecule has 122 valence electrons. The van der Waals surface area contributed by atoms with E-state index in [-0.39, 0.29) is 18.2 Å². The topological polar surface area (TPSA) is 68.5 Å². The van der Waals surface area contributed by atoms with Crippen LogP contribution in [-0.2, 0) is 4.74 Å². The van der Waals surface area contributed by atoms with Crippen molar-refractivity contribution in [3.05, 3.63) is 64.3 Å². The third kappa shape index (κ3) is 3.19. The molecule has 0 aliphatic heterocycles. The number of halogens is 1. The molecular weight excluding hydrogens is 374 g/mol. The van der Waals surface area contributed by atoms with E-state index in [2.05, 4.69) is 21.2 Å². The van der Waals surface area contributed by atoms with Gasteiger partial charge in [0.15, 0.2) is 5.76 Å². The summed E-state index contributed by atoms with van der Waals surface area (Å²) in [7, 11) is 0. The Balaban J connectivity index is 2.12. The lowest BCUT2D eigenvalue weighted by atomic mass is 10.1. The summed E-state index contributed by atoms with van der Waals surface area (Å²) in [5.41, 5.74) is 1.28. The van der Waals surface area contributed by atoms with Crippen molar-refractivity contribution in [2.24, 2.45) is 0 Å². The van der Waals surface area contributed by atoms with Crippen LogP contribution in [0.4, 0.5) is 10.5 Å². The number of fused-ring (bicyclic) bond motifs is 1. The number of nitrogens with one attached hydrogen (secondary N) is 1. The summed E-state index contributed by atoms with van der Waals surface area (Å²) in [6.45, 7) is 1.94. The number of amides is 1. The third-order valence-electron chi connectivity index (χ3n) is 3.39. The molecule has 3 rings (SSSR count). The molecule has 3 aromatic rings. The first kappa shape index (κ1) is 16.3. The van der Waals surface area contributed by atoms with Crippen LogP contribution in [0.15, 0.2) is 57.4 Å². The maximum Gasteiger partial charge on any atom is 0.411 e. The number of ketones is 1. The van der Waals surface area contributed by atoms with Gasteiger partial charge in [-0.05, 0) is 25.1 Å². The number of rotatable bonds is 4. The molecule has 0 spiro atoms. The van der Waals surface area contributed by atoms with Crippen LogP contribution in [-0.4, -0.2) is 18.5 Å². The molecule has 0 bridgehead atoms. The summed E-state index contributed by atoms with van der Waals surface area (Å²) in [6.07, 6.45) is -0.637. The average molecular weight is 388 g/mol. The van der Waals surface area contributed by atoms with Gasteiger partial charge in [0, 0.05) is 15.4 Å². The fraction of sp³-hybridized carbons (Fsp3) is 0.111. The zero-order valence-corrected chi connectivity index (χ0v) is 14.4. The van der Waals surface area contributed by atoms with E-state index >= 15 is 0 Å². The smallest absolute Gasteiger partial charge is 0.411 e. The Morgan fingerprint density at radius 3 is 2.62 bits per heavy atom. The van der Waals surface area contributed by atoms with Gasteiger partial charge in [0.25, 0.3) is 0 Å². The number of anilines is 1. The van der Waals surface area contributed by atoms with Crippen molar-refractivity contribution in [1.82, 2.24) is 0 Å². The normalized spacial score (nSPS) is 10.6. The fourth-order valence-electron chi connectivity index (χ4n) is 2.34. The van der Waals surface area contributed by atoms with Gasteiger partial charge in [-0.15, -0.1) is 0 Å². The highest BCUT2D eigenvalue weighted by Gasteiger charge is 2.23. The van der Waals surface area contributed by atoms with Crippen molar-refractivity contribution >= 4 is 44.5 Å². The molecule has 0 aliphatic carbocycles. The Labute approximate surface area is 146 Å². The van der Waals surface area contributed by atoms with Crippen LogP contribution in [0.5, 0.6) is 0 Å². The lowest BCUT2D eigenvalue weighted by Gasteiger charge is -2.06. The van der Waals surface area contributed by atoms with Gasteiger partial charge >= 0.3 is 6.09 Å². The van der Waals surface area contributed by atoms with E-state index in [0.717, 1.165) is 4.47 Å². The standard InChI is InChI=1S/C18H14BrNO4/c1-2-23-18(22)20-15-13-10-12(19)8-9-14(13)24-17(15)16(21)11-6-4-3-5-7-11/h3-10H,2H2,1H3,(H,20,22). The number of hydrogen-bond donors (Lipinski definition) is 1. The summed E-state index contributed by atoms with van der Waals surface area (Å²) < 4.78 is 11.4. The minimum Gasteiger partial charge on any atom is -0.450 e. The summed E-state index contributed by atoms with van der Waals surface area (Å²) in [6, 6.07) is 14.1. The molecule has 0 atom stereocenters. The highest BCUT2D eigenvalue weighted by molar-refractivity contribution is 9.10. The van der Waals surface area contributed by atoms with E-state index in [1.54, 1.807) is 49.4 Å². The minimum absolute atomic E-state index is 0.0716. The molecule has 0 fully saturated rings. The Kier molecular flexibility index (Phi) is 4.66. The molecular formula is C18H14BrNO4. The van der Waals surface area contributed by atoms with E-state index in [1.807, 2.05) is 6.07 Å². The predicted octanol–water partition coefficient (Wildman–Crippen LogP) is 4.99. The summed E-state index contributed by atoms with van der Waals surface area (Å²) in [5.74, 6) is -0.239. The predicted molar refractivity (Wildman–Crippen MR) is 94.4 cm³/mol. The van der Waals surface area contributed by atoms with Crippen LogP contribution in [0, 0.1) is 0 Å². The van der Waals surface area contributed by atoms with Crippen LogP contribution < -0.4 is 5.32 Å². The maximum absolute atomic E-state index is 12.8. The summed E-state index contributed by atoms with van der Waals surface area (Å²) in [4.78, 5) is 24.6.